The summed E-state index contributed by atoms with van der Waals surface area (Å²) in [6.45, 7) is 1.56. The molecule has 0 atom stereocenters. The van der Waals surface area contributed by atoms with Gasteiger partial charge in [0.15, 0.2) is 11.6 Å². The minimum Gasteiger partial charge on any atom is -0.308 e. The molecule has 0 radical (unpaired) electrons. The van der Waals surface area contributed by atoms with Crippen molar-refractivity contribution in [1.82, 2.24) is 9.97 Å². The molecule has 0 aliphatic carbocycles. The number of nitrogens with zero attached hydrogens (tertiary/aromatic N) is 2. The average Bonchev–Trinajstić information content (AvgIpc) is 2.49. The first kappa shape index (κ1) is 13.4. The number of nitrogens with one attached hydrogen (secondary N) is 1. The predicted octanol–water partition coefficient (Wildman–Crippen LogP) is 3.17. The fourth-order valence-corrected chi connectivity index (χ4v) is 2.14. The van der Waals surface area contributed by atoms with Gasteiger partial charge in [-0.2, -0.15) is 0 Å². The van der Waals surface area contributed by atoms with Gasteiger partial charge >= 0.3 is 0 Å². The van der Waals surface area contributed by atoms with E-state index in [1.807, 2.05) is 12.1 Å². The smallest absolute Gasteiger partial charge is 0.165 e. The summed E-state index contributed by atoms with van der Waals surface area (Å²) in [7, 11) is 0. The molecule has 106 valence electrons. The first-order chi connectivity index (χ1) is 10.1. The highest BCUT2D eigenvalue weighted by molar-refractivity contribution is 5.90. The Morgan fingerprint density at radius 1 is 1.05 bits per heavy atom. The van der Waals surface area contributed by atoms with E-state index in [4.69, 9.17) is 5.84 Å². The molecule has 0 saturated heterocycles. The molecule has 0 spiro atoms. The fraction of sp³-hybridized carbons (Fsp3) is 0.0667. The number of rotatable bonds is 2. The fourth-order valence-electron chi connectivity index (χ4n) is 2.14. The van der Waals surface area contributed by atoms with Crippen molar-refractivity contribution in [2.24, 2.45) is 5.84 Å². The van der Waals surface area contributed by atoms with Crippen molar-refractivity contribution in [2.45, 2.75) is 6.92 Å². The van der Waals surface area contributed by atoms with Gasteiger partial charge in [0.2, 0.25) is 0 Å². The van der Waals surface area contributed by atoms with Gasteiger partial charge in [-0.05, 0) is 30.7 Å². The molecule has 0 saturated carbocycles. The van der Waals surface area contributed by atoms with Crippen LogP contribution in [0.5, 0.6) is 0 Å². The maximum atomic E-state index is 14.0. The quantitative estimate of drug-likeness (QED) is 0.561. The van der Waals surface area contributed by atoms with Crippen molar-refractivity contribution in [3.05, 3.63) is 53.6 Å². The predicted molar refractivity (Wildman–Crippen MR) is 77.4 cm³/mol. The summed E-state index contributed by atoms with van der Waals surface area (Å²) >= 11 is 0. The van der Waals surface area contributed by atoms with Crippen LogP contribution >= 0.6 is 0 Å². The average molecular weight is 286 g/mol. The molecule has 2 aromatic carbocycles. The summed E-state index contributed by atoms with van der Waals surface area (Å²) in [5.74, 6) is 4.69. The molecule has 0 aliphatic heterocycles. The summed E-state index contributed by atoms with van der Waals surface area (Å²) in [6, 6.07) is 9.44. The minimum absolute atomic E-state index is 0.135. The second-order valence-corrected chi connectivity index (χ2v) is 4.64. The van der Waals surface area contributed by atoms with Crippen LogP contribution in [0.3, 0.4) is 0 Å². The zero-order chi connectivity index (χ0) is 15.0. The Labute approximate surface area is 119 Å². The second-order valence-electron chi connectivity index (χ2n) is 4.64. The van der Waals surface area contributed by atoms with Crippen LogP contribution in [0.15, 0.2) is 36.4 Å². The lowest BCUT2D eigenvalue weighted by molar-refractivity contribution is 0.579. The molecule has 1 aromatic heterocycles. The zero-order valence-electron chi connectivity index (χ0n) is 11.2. The minimum atomic E-state index is -0.712. The molecule has 3 aromatic rings. The van der Waals surface area contributed by atoms with Crippen molar-refractivity contribution in [3.8, 4) is 11.4 Å². The van der Waals surface area contributed by atoms with E-state index in [0.29, 0.717) is 16.9 Å². The van der Waals surface area contributed by atoms with E-state index in [9.17, 15) is 8.78 Å². The Hall–Kier alpha value is -2.60. The number of hydrogen-bond donors (Lipinski definition) is 2. The van der Waals surface area contributed by atoms with Gasteiger partial charge in [-0.3, -0.25) is 0 Å². The third kappa shape index (κ3) is 2.30. The van der Waals surface area contributed by atoms with Crippen molar-refractivity contribution in [3.63, 3.8) is 0 Å². The lowest BCUT2D eigenvalue weighted by Gasteiger charge is -2.09. The van der Waals surface area contributed by atoms with Gasteiger partial charge in [-0.25, -0.2) is 24.6 Å². The molecule has 3 N–H and O–H groups in total. The summed E-state index contributed by atoms with van der Waals surface area (Å²) in [6.07, 6.45) is 0. The van der Waals surface area contributed by atoms with Gasteiger partial charge in [-0.1, -0.05) is 12.1 Å². The Morgan fingerprint density at radius 3 is 2.57 bits per heavy atom. The molecule has 0 amide bonds. The Balaban J connectivity index is 2.28. The van der Waals surface area contributed by atoms with Gasteiger partial charge in [0, 0.05) is 11.5 Å². The summed E-state index contributed by atoms with van der Waals surface area (Å²) < 4.78 is 27.3. The highest BCUT2D eigenvalue weighted by Crippen LogP contribution is 2.27. The number of nitrogen functional groups attached to an aromatic ring is 1. The number of aromatic nitrogens is 2. The molecule has 21 heavy (non-hydrogen) atoms. The van der Waals surface area contributed by atoms with Crippen LogP contribution in [0.2, 0.25) is 0 Å². The summed E-state index contributed by atoms with van der Waals surface area (Å²) in [5, 5.41) is 0.725. The molecule has 0 fully saturated rings. The molecule has 3 rings (SSSR count). The molecular weight excluding hydrogens is 274 g/mol. The monoisotopic (exact) mass is 286 g/mol. The summed E-state index contributed by atoms with van der Waals surface area (Å²) in [5.41, 5.74) is 3.56. The standard InChI is InChI=1S/C15H12F2N4/c1-8-6-10(12(17)7-11(8)16)14-19-13-5-3-2-4-9(13)15(20-14)21-18/h2-7H,18H2,1H3,(H,19,20,21). The van der Waals surface area contributed by atoms with Crippen LogP contribution < -0.4 is 11.3 Å². The van der Waals surface area contributed by atoms with Crippen molar-refractivity contribution < 1.29 is 8.78 Å². The lowest BCUT2D eigenvalue weighted by Crippen LogP contribution is -2.10. The van der Waals surface area contributed by atoms with Crippen LogP contribution in [0.25, 0.3) is 22.3 Å². The topological polar surface area (TPSA) is 63.8 Å². The van der Waals surface area contributed by atoms with Crippen LogP contribution in [0.4, 0.5) is 14.6 Å². The number of fused-ring (bicyclic) bond motifs is 1. The second kappa shape index (κ2) is 5.06. The SMILES string of the molecule is Cc1cc(-c2nc(NN)c3ccccc3n2)c(F)cc1F. The van der Waals surface area contributed by atoms with E-state index in [-0.39, 0.29) is 11.4 Å². The molecule has 4 nitrogen and oxygen atoms in total. The van der Waals surface area contributed by atoms with Crippen molar-refractivity contribution in [1.29, 1.82) is 0 Å². The number of para-hydroxylation sites is 1. The first-order valence-electron chi connectivity index (χ1n) is 6.29. The molecule has 6 heteroatoms. The van der Waals surface area contributed by atoms with Crippen LogP contribution in [0, 0.1) is 18.6 Å². The van der Waals surface area contributed by atoms with Gasteiger partial charge in [0.25, 0.3) is 0 Å². The van der Waals surface area contributed by atoms with Gasteiger partial charge in [0.1, 0.15) is 11.6 Å². The van der Waals surface area contributed by atoms with E-state index >= 15 is 0 Å². The zero-order valence-corrected chi connectivity index (χ0v) is 11.2. The third-order valence-corrected chi connectivity index (χ3v) is 3.23. The van der Waals surface area contributed by atoms with Crippen LogP contribution in [-0.4, -0.2) is 9.97 Å². The van der Waals surface area contributed by atoms with E-state index in [1.165, 1.54) is 6.07 Å². The Kier molecular flexibility index (Phi) is 3.23. The number of halogens is 2. The number of anilines is 1. The van der Waals surface area contributed by atoms with Crippen LogP contribution in [-0.2, 0) is 0 Å². The van der Waals surface area contributed by atoms with Crippen molar-refractivity contribution >= 4 is 16.7 Å². The van der Waals surface area contributed by atoms with E-state index in [0.717, 1.165) is 11.5 Å². The molecule has 0 aliphatic rings. The van der Waals surface area contributed by atoms with Crippen LogP contribution in [0.1, 0.15) is 5.56 Å². The Morgan fingerprint density at radius 2 is 1.81 bits per heavy atom. The van der Waals surface area contributed by atoms with E-state index in [1.54, 1.807) is 19.1 Å². The maximum Gasteiger partial charge on any atom is 0.165 e. The summed E-state index contributed by atoms with van der Waals surface area (Å²) in [4.78, 5) is 8.53. The number of nitrogens with two attached hydrogens (primary N) is 1. The maximum absolute atomic E-state index is 14.0. The number of hydrazine groups is 1. The Bertz CT molecular complexity index is 833. The third-order valence-electron chi connectivity index (χ3n) is 3.23. The van der Waals surface area contributed by atoms with Gasteiger partial charge in [-0.15, -0.1) is 0 Å². The highest BCUT2D eigenvalue weighted by atomic mass is 19.1. The largest absolute Gasteiger partial charge is 0.308 e. The number of hydrogen-bond acceptors (Lipinski definition) is 4. The van der Waals surface area contributed by atoms with E-state index in [2.05, 4.69) is 15.4 Å². The van der Waals surface area contributed by atoms with Gasteiger partial charge < -0.3 is 5.43 Å². The normalized spacial score (nSPS) is 10.9. The molecule has 1 heterocycles. The molecule has 0 bridgehead atoms. The molecular formula is C15H12F2N4. The highest BCUT2D eigenvalue weighted by Gasteiger charge is 2.14. The molecule has 0 unspecified atom stereocenters. The van der Waals surface area contributed by atoms with E-state index < -0.39 is 11.6 Å². The number of aryl methyl sites for hydroxylation is 1. The first-order valence-corrected chi connectivity index (χ1v) is 6.29. The lowest BCUT2D eigenvalue weighted by atomic mass is 10.1. The van der Waals surface area contributed by atoms with Crippen molar-refractivity contribution in [2.75, 3.05) is 5.43 Å². The number of benzene rings is 2. The van der Waals surface area contributed by atoms with Gasteiger partial charge in [0.05, 0.1) is 11.1 Å².